The lowest BCUT2D eigenvalue weighted by atomic mass is 9.96. The number of carboxylic acid groups (broad SMARTS) is 1. The van der Waals surface area contributed by atoms with Crippen molar-refractivity contribution in [1.82, 2.24) is 10.2 Å². The van der Waals surface area contributed by atoms with Crippen molar-refractivity contribution >= 4 is 23.7 Å². The summed E-state index contributed by atoms with van der Waals surface area (Å²) in [6.45, 7) is 3.13. The molecular formula is C19H34N4O10. The maximum Gasteiger partial charge on any atom is 0.303 e. The zero-order valence-electron chi connectivity index (χ0n) is 18.8. The molecule has 9 N–H and O–H groups in total. The van der Waals surface area contributed by atoms with Crippen molar-refractivity contribution in [3.05, 3.63) is 0 Å². The van der Waals surface area contributed by atoms with Gasteiger partial charge in [0, 0.05) is 19.9 Å². The molecule has 190 valence electrons. The Hall–Kier alpha value is -2.36. The summed E-state index contributed by atoms with van der Waals surface area (Å²) in [7, 11) is 0. The molecule has 1 saturated heterocycles. The fraction of sp³-hybridized carbons (Fsp3) is 0.789. The van der Waals surface area contributed by atoms with Crippen molar-refractivity contribution in [2.75, 3.05) is 13.2 Å². The van der Waals surface area contributed by atoms with Crippen LogP contribution in [0.5, 0.6) is 0 Å². The lowest BCUT2D eigenvalue weighted by Crippen LogP contribution is -2.65. The van der Waals surface area contributed by atoms with Gasteiger partial charge in [-0.1, -0.05) is 0 Å². The molecule has 1 fully saturated rings. The van der Waals surface area contributed by atoms with Gasteiger partial charge in [-0.3, -0.25) is 19.2 Å². The van der Waals surface area contributed by atoms with Gasteiger partial charge < -0.3 is 51.6 Å². The van der Waals surface area contributed by atoms with Crippen molar-refractivity contribution < 1.29 is 49.1 Å². The lowest BCUT2D eigenvalue weighted by molar-refractivity contribution is -0.268. The summed E-state index contributed by atoms with van der Waals surface area (Å²) in [5.41, 5.74) is 11.1. The number of aliphatic hydroxyl groups is 3. The maximum absolute atomic E-state index is 12.7. The summed E-state index contributed by atoms with van der Waals surface area (Å²) in [5.74, 6) is -3.35. The van der Waals surface area contributed by atoms with E-state index in [0.29, 0.717) is 0 Å². The Labute approximate surface area is 190 Å². The summed E-state index contributed by atoms with van der Waals surface area (Å²) < 4.78 is 10.9. The van der Waals surface area contributed by atoms with E-state index >= 15 is 0 Å². The first-order chi connectivity index (χ1) is 15.3. The van der Waals surface area contributed by atoms with Gasteiger partial charge in [0.2, 0.25) is 17.7 Å². The van der Waals surface area contributed by atoms with Gasteiger partial charge in [0.15, 0.2) is 6.29 Å². The Bertz CT molecular complexity index is 706. The fourth-order valence-corrected chi connectivity index (χ4v) is 3.57. The Morgan fingerprint density at radius 2 is 1.82 bits per heavy atom. The van der Waals surface area contributed by atoms with Gasteiger partial charge in [-0.15, -0.1) is 0 Å². The topological polar surface area (TPSA) is 235 Å². The molecular weight excluding hydrogens is 444 g/mol. The molecule has 14 nitrogen and oxygen atoms in total. The van der Waals surface area contributed by atoms with Crippen LogP contribution in [-0.4, -0.2) is 111 Å². The van der Waals surface area contributed by atoms with Crippen LogP contribution in [0.3, 0.4) is 0 Å². The number of carboxylic acids is 1. The van der Waals surface area contributed by atoms with E-state index < -0.39 is 85.5 Å². The second-order valence-electron chi connectivity index (χ2n) is 8.01. The molecule has 14 heteroatoms. The van der Waals surface area contributed by atoms with E-state index in [-0.39, 0.29) is 13.0 Å². The molecule has 0 radical (unpaired) electrons. The molecule has 0 saturated carbocycles. The predicted octanol–water partition coefficient (Wildman–Crippen LogP) is -3.77. The van der Waals surface area contributed by atoms with Crippen LogP contribution in [0, 0.1) is 0 Å². The van der Waals surface area contributed by atoms with Crippen LogP contribution in [0.25, 0.3) is 0 Å². The quantitative estimate of drug-likeness (QED) is 0.144. The number of nitrogens with zero attached hydrogens (tertiary/aromatic N) is 1. The van der Waals surface area contributed by atoms with Crippen molar-refractivity contribution in [1.29, 1.82) is 0 Å². The summed E-state index contributed by atoms with van der Waals surface area (Å²) >= 11 is 0. The van der Waals surface area contributed by atoms with E-state index in [1.54, 1.807) is 0 Å². The number of rotatable bonds is 12. The molecule has 33 heavy (non-hydrogen) atoms. The van der Waals surface area contributed by atoms with Crippen molar-refractivity contribution in [2.45, 2.75) is 82.4 Å². The molecule has 1 rings (SSSR count). The van der Waals surface area contributed by atoms with Gasteiger partial charge in [0.1, 0.15) is 30.4 Å². The molecule has 3 amide bonds. The number of carbonyl (C=O) groups is 4. The second kappa shape index (κ2) is 12.8. The first-order valence-electron chi connectivity index (χ1n) is 10.4. The minimum atomic E-state index is -1.61. The van der Waals surface area contributed by atoms with E-state index in [2.05, 4.69) is 5.32 Å². The monoisotopic (exact) mass is 478 g/mol. The Kier molecular flexibility index (Phi) is 11.1. The van der Waals surface area contributed by atoms with Crippen LogP contribution >= 0.6 is 0 Å². The molecule has 0 aromatic carbocycles. The van der Waals surface area contributed by atoms with E-state index in [9.17, 15) is 34.5 Å². The van der Waals surface area contributed by atoms with Crippen LogP contribution in [-0.2, 0) is 28.7 Å². The molecule has 1 heterocycles. The highest BCUT2D eigenvalue weighted by molar-refractivity contribution is 5.89. The van der Waals surface area contributed by atoms with Crippen LogP contribution < -0.4 is 16.8 Å². The highest BCUT2D eigenvalue weighted by Crippen LogP contribution is 2.24. The van der Waals surface area contributed by atoms with Crippen LogP contribution in [0.2, 0.25) is 0 Å². The molecule has 0 aromatic rings. The number of hydrogen-bond acceptors (Lipinski definition) is 10. The lowest BCUT2D eigenvalue weighted by Gasteiger charge is -2.44. The Morgan fingerprint density at radius 1 is 1.21 bits per heavy atom. The summed E-state index contributed by atoms with van der Waals surface area (Å²) in [5, 5.41) is 41.5. The first kappa shape index (κ1) is 28.7. The SMILES string of the molecule is CC(=O)N[C@@H]1[C@@H](OC(C)CN(C(=O)[C@H](C)N)[C@@H](CCC(=O)O)C(N)=O)[C@H](O)[C@@H](CO)O[C@@H]1O. The number of carbonyl (C=O) groups excluding carboxylic acids is 3. The van der Waals surface area contributed by atoms with E-state index in [1.807, 2.05) is 0 Å². The highest BCUT2D eigenvalue weighted by atomic mass is 16.6. The molecule has 1 unspecified atom stereocenters. The largest absolute Gasteiger partial charge is 0.481 e. The average molecular weight is 478 g/mol. The zero-order valence-corrected chi connectivity index (χ0v) is 18.8. The van der Waals surface area contributed by atoms with E-state index in [0.717, 1.165) is 4.90 Å². The third-order valence-electron chi connectivity index (χ3n) is 5.09. The molecule has 0 spiro atoms. The number of nitrogens with one attached hydrogen (secondary N) is 1. The van der Waals surface area contributed by atoms with Gasteiger partial charge in [0.05, 0.1) is 18.8 Å². The van der Waals surface area contributed by atoms with Crippen molar-refractivity contribution in [3.63, 3.8) is 0 Å². The summed E-state index contributed by atoms with van der Waals surface area (Å²) in [6.07, 6.45) is -7.15. The Morgan fingerprint density at radius 3 is 2.27 bits per heavy atom. The number of hydrogen-bond donors (Lipinski definition) is 7. The molecule has 0 aliphatic carbocycles. The predicted molar refractivity (Wildman–Crippen MR) is 111 cm³/mol. The number of ether oxygens (including phenoxy) is 2. The van der Waals surface area contributed by atoms with Gasteiger partial charge in [-0.2, -0.15) is 0 Å². The minimum Gasteiger partial charge on any atom is -0.481 e. The molecule has 1 aliphatic heterocycles. The summed E-state index contributed by atoms with van der Waals surface area (Å²) in [4.78, 5) is 48.2. The fourth-order valence-electron chi connectivity index (χ4n) is 3.57. The summed E-state index contributed by atoms with van der Waals surface area (Å²) in [6, 6.07) is -3.53. The Balaban J connectivity index is 3.13. The van der Waals surface area contributed by atoms with Crippen molar-refractivity contribution in [3.8, 4) is 0 Å². The standard InChI is InChI=1S/C19H34N4O10/c1-8(6-23(18(30)9(2)20)11(17(21)29)4-5-13(26)27)32-16-14(22-10(3)25)19(31)33-12(7-24)15(16)28/h8-9,11-12,14-16,19,24,28,31H,4-7,20H2,1-3H3,(H2,21,29)(H,22,25)(H,26,27)/t8?,9-,11-,12+,14+,15+,16+,19-/m0/s1. The van der Waals surface area contributed by atoms with Crippen LogP contribution in [0.1, 0.15) is 33.6 Å². The molecule has 0 bridgehead atoms. The highest BCUT2D eigenvalue weighted by Gasteiger charge is 2.46. The third-order valence-corrected chi connectivity index (χ3v) is 5.09. The molecule has 0 aromatic heterocycles. The maximum atomic E-state index is 12.7. The number of amides is 3. The van der Waals surface area contributed by atoms with E-state index in [4.69, 9.17) is 26.0 Å². The number of nitrogens with two attached hydrogens (primary N) is 2. The normalized spacial score (nSPS) is 27.8. The van der Waals surface area contributed by atoms with Gasteiger partial charge in [-0.05, 0) is 20.3 Å². The molecule has 8 atom stereocenters. The number of primary amides is 1. The van der Waals surface area contributed by atoms with Crippen LogP contribution in [0.15, 0.2) is 0 Å². The average Bonchev–Trinajstić information content (AvgIpc) is 2.70. The smallest absolute Gasteiger partial charge is 0.303 e. The van der Waals surface area contributed by atoms with Crippen LogP contribution in [0.4, 0.5) is 0 Å². The van der Waals surface area contributed by atoms with Gasteiger partial charge >= 0.3 is 5.97 Å². The van der Waals surface area contributed by atoms with Crippen molar-refractivity contribution in [2.24, 2.45) is 11.5 Å². The second-order valence-corrected chi connectivity index (χ2v) is 8.01. The number of aliphatic carboxylic acids is 1. The zero-order chi connectivity index (χ0) is 25.5. The third kappa shape index (κ3) is 8.17. The minimum absolute atomic E-state index is 0.254. The molecule has 1 aliphatic rings. The van der Waals surface area contributed by atoms with Gasteiger partial charge in [0.25, 0.3) is 0 Å². The van der Waals surface area contributed by atoms with E-state index in [1.165, 1.54) is 20.8 Å². The van der Waals surface area contributed by atoms with Gasteiger partial charge in [-0.25, -0.2) is 0 Å². The first-order valence-corrected chi connectivity index (χ1v) is 10.4. The number of aliphatic hydroxyl groups excluding tert-OH is 3.